The molecular weight excluding hydrogens is 1940 g/mol. The van der Waals surface area contributed by atoms with Crippen molar-refractivity contribution in [3.63, 3.8) is 0 Å². The molecule has 0 aliphatic rings. The molecule has 3 atom stereocenters. The molecule has 0 fully saturated rings. The topological polar surface area (TPSA) is 512 Å². The molecule has 0 spiro atoms. The molecule has 10 N–H and O–H groups in total. The maximum absolute atomic E-state index is 13.1. The minimum absolute atomic E-state index is 0.0270. The van der Waals surface area contributed by atoms with Gasteiger partial charge in [0.1, 0.15) is 12.1 Å². The van der Waals surface area contributed by atoms with Gasteiger partial charge in [0.15, 0.2) is 0 Å². The van der Waals surface area contributed by atoms with Crippen LogP contribution in [0.25, 0.3) is 0 Å². The van der Waals surface area contributed by atoms with Crippen molar-refractivity contribution in [3.8, 4) is 0 Å². The Kier molecular flexibility index (Phi) is 120. The molecule has 0 radical (unpaired) electrons. The van der Waals surface area contributed by atoms with Crippen LogP contribution in [0, 0.1) is 0 Å². The molecule has 0 rings (SSSR count). The van der Waals surface area contributed by atoms with Crippen LogP contribution in [-0.2, 0) is 161 Å². The first kappa shape index (κ1) is 142. The van der Waals surface area contributed by atoms with E-state index in [1.807, 2.05) is 0 Å². The maximum Gasteiger partial charge on any atom is 0.407 e. The number of hydrogen-bond acceptors (Lipinski definition) is 39. The summed E-state index contributed by atoms with van der Waals surface area (Å²) < 4.78 is 166. The van der Waals surface area contributed by atoms with Crippen molar-refractivity contribution >= 4 is 47.6 Å². The van der Waals surface area contributed by atoms with E-state index in [-0.39, 0.29) is 69.8 Å². The Hall–Kier alpha value is -4.43. The van der Waals surface area contributed by atoms with Gasteiger partial charge in [-0.05, 0) is 12.8 Å². The zero-order valence-corrected chi connectivity index (χ0v) is 90.4. The molecule has 45 heteroatoms. The summed E-state index contributed by atoms with van der Waals surface area (Å²) in [6.45, 7) is 29.1. The highest BCUT2D eigenvalue weighted by Crippen LogP contribution is 2.16. The fraction of sp³-hybridized carbons (Fsp3) is 0.941. The highest BCUT2D eigenvalue weighted by Gasteiger charge is 2.25. The molecule has 6 amide bonds. The monoisotopic (exact) mass is 2130 g/mol. The summed E-state index contributed by atoms with van der Waals surface area (Å²) in [5, 5.41) is 23.2. The van der Waals surface area contributed by atoms with Crippen LogP contribution in [0.3, 0.4) is 0 Å². The lowest BCUT2D eigenvalue weighted by molar-refractivity contribution is -0.130. The van der Waals surface area contributed by atoms with Crippen molar-refractivity contribution in [2.75, 3.05) is 421 Å². The Labute approximate surface area is 877 Å². The number of carbonyl (C=O) groups is 6. The molecular formula is C101H199N7O37S. The molecule has 0 heterocycles. The van der Waals surface area contributed by atoms with Gasteiger partial charge in [-0.1, -0.05) is 155 Å². The summed E-state index contributed by atoms with van der Waals surface area (Å²) in [5.74, 6) is -1.71. The van der Waals surface area contributed by atoms with Crippen LogP contribution in [0.15, 0.2) is 0 Å². The number of amides is 6. The predicted molar refractivity (Wildman–Crippen MR) is 551 cm³/mol. The number of primary amides is 1. The van der Waals surface area contributed by atoms with Gasteiger partial charge in [0.2, 0.25) is 23.6 Å². The highest BCUT2D eigenvalue weighted by molar-refractivity contribution is 7.99. The number of alkyl carbamates (subject to hydrolysis) is 2. The van der Waals surface area contributed by atoms with Crippen molar-refractivity contribution in [2.24, 2.45) is 11.5 Å². The van der Waals surface area contributed by atoms with E-state index >= 15 is 0 Å². The van der Waals surface area contributed by atoms with Crippen LogP contribution in [0.4, 0.5) is 9.59 Å². The van der Waals surface area contributed by atoms with Crippen LogP contribution in [0.2, 0.25) is 0 Å². The number of aliphatic hydroxyl groups excluding tert-OH is 1. The molecule has 0 saturated carbocycles. The van der Waals surface area contributed by atoms with Crippen molar-refractivity contribution in [3.05, 3.63) is 0 Å². The molecule has 0 bridgehead atoms. The number of unbranched alkanes of at least 4 members (excludes halogenated alkanes) is 22. The van der Waals surface area contributed by atoms with Gasteiger partial charge in [0, 0.05) is 44.0 Å². The average Bonchev–Trinajstić information content (AvgIpc) is 0.906. The number of nitrogens with two attached hydrogens (primary N) is 2. The first-order valence-electron chi connectivity index (χ1n) is 54.1. The zero-order chi connectivity index (χ0) is 105. The van der Waals surface area contributed by atoms with Crippen LogP contribution in [0.5, 0.6) is 0 Å². The van der Waals surface area contributed by atoms with Gasteiger partial charge in [0.05, 0.1) is 396 Å². The van der Waals surface area contributed by atoms with Crippen LogP contribution in [0.1, 0.15) is 181 Å². The molecule has 0 aliphatic heterocycles. The summed E-state index contributed by atoms with van der Waals surface area (Å²) in [4.78, 5) is 73.5. The normalized spacial score (nSPS) is 12.2. The van der Waals surface area contributed by atoms with E-state index in [2.05, 4.69) is 40.4 Å². The standard InChI is InChI=1S/C101H199N7O37S/c1-3-5-7-9-11-13-15-17-19-21-23-25-29-105-100(114)144-33-27-93(145-101(115)106-30-26-24-22-20-18-16-14-12-10-8-6-4-2)91-146-92-94(102)98(112)108-95(90-109)99(113)104-31-34-117-36-38-119-40-42-121-44-46-123-48-50-125-52-54-127-56-58-129-60-62-131-64-66-133-68-70-135-72-74-137-76-78-139-80-82-141-84-86-143-88-87-142-85-83-140-81-79-138-77-75-136-73-71-134-69-67-132-65-63-130-61-59-128-57-55-126-53-51-124-49-47-122-45-43-120-41-39-118-37-35-116-32-28-97(111)107-89-96(103)110/h93-95,109H,3-92,102H2,1-2H3,(H2,103,110)(H,104,113)(H,105,114)(H,106,115)(H,107,111)(H,108,112)/t93-,94+,95+/m1/s1. The van der Waals surface area contributed by atoms with Crippen LogP contribution in [-0.4, -0.2) is 480 Å². The summed E-state index contributed by atoms with van der Waals surface area (Å²) in [5.41, 5.74) is 11.2. The molecule has 44 nitrogen and oxygen atoms in total. The fourth-order valence-electron chi connectivity index (χ4n) is 12.7. The van der Waals surface area contributed by atoms with Gasteiger partial charge < -0.3 is 185 Å². The lowest BCUT2D eigenvalue weighted by atomic mass is 10.1. The first-order chi connectivity index (χ1) is 72.0. The Balaban J connectivity index is 3.55. The van der Waals surface area contributed by atoms with Gasteiger partial charge in [-0.3, -0.25) is 19.2 Å². The second-order valence-electron chi connectivity index (χ2n) is 33.4. The number of ether oxygens (including phenoxy) is 30. The highest BCUT2D eigenvalue weighted by atomic mass is 32.2. The van der Waals surface area contributed by atoms with Crippen molar-refractivity contribution in [1.29, 1.82) is 0 Å². The Morgan fingerprint density at radius 1 is 0.253 bits per heavy atom. The zero-order valence-electron chi connectivity index (χ0n) is 89.6. The quantitative estimate of drug-likeness (QED) is 0.0293. The van der Waals surface area contributed by atoms with E-state index in [9.17, 15) is 33.9 Å². The fourth-order valence-corrected chi connectivity index (χ4v) is 13.8. The summed E-state index contributed by atoms with van der Waals surface area (Å²) in [6.07, 6.45) is 28.0. The largest absolute Gasteiger partial charge is 0.449 e. The van der Waals surface area contributed by atoms with Crippen LogP contribution < -0.4 is 38.1 Å². The Bertz CT molecular complexity index is 2680. The van der Waals surface area contributed by atoms with E-state index in [0.29, 0.717) is 363 Å². The summed E-state index contributed by atoms with van der Waals surface area (Å²) in [6, 6.07) is -2.27. The average molecular weight is 2140 g/mol. The second-order valence-corrected chi connectivity index (χ2v) is 34.5. The van der Waals surface area contributed by atoms with Gasteiger partial charge in [-0.2, -0.15) is 11.8 Å². The SMILES string of the molecule is CCCCCCCCCCCCCCNC(=O)OCC[C@H](CSC[C@H](N)C(=O)N[C@@H](CO)C(=O)NCCOCCOCCOCCOCCOCCOCCOCCOCCOCCOCCOCCOCCOCCOCCOCCOCCOCCOCCOCCOCCOCCOCCOCCOCCOCCOCCOCCOCCC(=O)NCC(N)=O)OC(=O)NCCCCCCCCCCCCCC. The Morgan fingerprint density at radius 2 is 0.479 bits per heavy atom. The van der Waals surface area contributed by atoms with Gasteiger partial charge >= 0.3 is 12.2 Å². The van der Waals surface area contributed by atoms with Gasteiger partial charge in [-0.15, -0.1) is 0 Å². The van der Waals surface area contributed by atoms with E-state index in [4.69, 9.17) is 154 Å². The summed E-state index contributed by atoms with van der Waals surface area (Å²) >= 11 is 1.29. The minimum Gasteiger partial charge on any atom is -0.449 e. The van der Waals surface area contributed by atoms with Gasteiger partial charge in [-0.25, -0.2) is 9.59 Å². The van der Waals surface area contributed by atoms with Crippen LogP contribution >= 0.6 is 11.8 Å². The smallest absolute Gasteiger partial charge is 0.407 e. The second kappa shape index (κ2) is 124. The number of carbonyl (C=O) groups excluding carboxylic acids is 6. The van der Waals surface area contributed by atoms with E-state index in [0.717, 1.165) is 38.5 Å². The number of nitrogens with one attached hydrogen (secondary N) is 5. The summed E-state index contributed by atoms with van der Waals surface area (Å²) in [7, 11) is 0. The predicted octanol–water partition coefficient (Wildman–Crippen LogP) is 6.71. The van der Waals surface area contributed by atoms with E-state index < -0.39 is 54.7 Å². The number of thioether (sulfide) groups is 1. The third kappa shape index (κ3) is 118. The van der Waals surface area contributed by atoms with E-state index in [1.54, 1.807) is 0 Å². The van der Waals surface area contributed by atoms with E-state index in [1.165, 1.54) is 127 Å². The molecule has 0 aromatic carbocycles. The first-order valence-corrected chi connectivity index (χ1v) is 55.3. The van der Waals surface area contributed by atoms with Crippen molar-refractivity contribution in [1.82, 2.24) is 26.6 Å². The third-order valence-corrected chi connectivity index (χ3v) is 22.0. The molecule has 146 heavy (non-hydrogen) atoms. The lowest BCUT2D eigenvalue weighted by Crippen LogP contribution is -2.54. The molecule has 0 saturated heterocycles. The number of hydrogen-bond donors (Lipinski definition) is 8. The molecule has 0 aromatic rings. The number of rotatable bonds is 127. The Morgan fingerprint density at radius 3 is 0.719 bits per heavy atom. The minimum atomic E-state index is -1.23. The third-order valence-electron chi connectivity index (χ3n) is 20.8. The molecule has 866 valence electrons. The maximum atomic E-state index is 13.1. The number of aliphatic hydroxyl groups is 1. The molecule has 0 unspecified atom stereocenters. The van der Waals surface area contributed by atoms with Crippen molar-refractivity contribution in [2.45, 2.75) is 199 Å². The molecule has 0 aliphatic carbocycles. The van der Waals surface area contributed by atoms with Crippen molar-refractivity contribution < 1.29 is 176 Å². The van der Waals surface area contributed by atoms with Gasteiger partial charge in [0.25, 0.3) is 0 Å². The molecule has 0 aromatic heterocycles. The lowest BCUT2D eigenvalue weighted by Gasteiger charge is -2.21.